The maximum absolute atomic E-state index is 14.4. The second-order valence-electron chi connectivity index (χ2n) is 26.0. The normalized spacial score (nSPS) is 17.7. The van der Waals surface area contributed by atoms with Gasteiger partial charge < -0.3 is 112 Å². The van der Waals surface area contributed by atoms with Crippen LogP contribution in [0.4, 0.5) is 0 Å². The Hall–Kier alpha value is -9.69. The number of nitrogens with zero attached hydrogens (tertiary/aromatic N) is 6. The molecule has 37 nitrogen and oxygen atoms in total. The summed E-state index contributed by atoms with van der Waals surface area (Å²) in [7, 11) is 0. The Kier molecular flexibility index (Phi) is 37.9. The highest BCUT2D eigenvalue weighted by Crippen LogP contribution is 2.24. The number of carbonyl (C=O) groups is 13. The van der Waals surface area contributed by atoms with Gasteiger partial charge in [0.15, 0.2) is 11.9 Å². The van der Waals surface area contributed by atoms with Crippen molar-refractivity contribution < 1.29 is 77.6 Å². The van der Waals surface area contributed by atoms with Crippen molar-refractivity contribution in [3.8, 4) is 0 Å². The van der Waals surface area contributed by atoms with Crippen LogP contribution in [0.3, 0.4) is 0 Å². The minimum Gasteiger partial charge on any atom is -0.481 e. The first-order valence-corrected chi connectivity index (χ1v) is 36.3. The number of carboxylic acid groups (broad SMARTS) is 2. The minimum atomic E-state index is -1.73. The fourth-order valence-corrected chi connectivity index (χ4v) is 12.6. The zero-order chi connectivity index (χ0) is 77.0. The van der Waals surface area contributed by atoms with Crippen LogP contribution in [0.25, 0.3) is 0 Å². The number of rotatable bonds is 42. The summed E-state index contributed by atoms with van der Waals surface area (Å²) in [6.07, 6.45) is 8.11. The third kappa shape index (κ3) is 29.6. The van der Waals surface area contributed by atoms with Crippen molar-refractivity contribution in [3.05, 3.63) is 54.1 Å². The number of hydrogen-bond donors (Lipinski definition) is 18. The van der Waals surface area contributed by atoms with Crippen molar-refractivity contribution in [1.29, 1.82) is 0 Å². The van der Waals surface area contributed by atoms with Crippen LogP contribution in [0.1, 0.15) is 128 Å². The van der Waals surface area contributed by atoms with E-state index in [-0.39, 0.29) is 128 Å². The van der Waals surface area contributed by atoms with Crippen molar-refractivity contribution in [3.63, 3.8) is 0 Å². The maximum atomic E-state index is 14.4. The Morgan fingerprint density at radius 1 is 0.596 bits per heavy atom. The number of aromatic nitrogens is 2. The first kappa shape index (κ1) is 86.7. The quantitative estimate of drug-likeness (QED) is 0.0168. The van der Waals surface area contributed by atoms with E-state index in [4.69, 9.17) is 44.3 Å². The lowest BCUT2D eigenvalue weighted by molar-refractivity contribution is -0.145. The Balaban J connectivity index is 0.00000557. The van der Waals surface area contributed by atoms with Gasteiger partial charge in [0.1, 0.15) is 60.4 Å². The molecule has 3 aliphatic rings. The molecular weight excluding hydrogens is 1370 g/mol. The first-order chi connectivity index (χ1) is 49.5. The van der Waals surface area contributed by atoms with Crippen molar-refractivity contribution in [2.75, 3.05) is 64.4 Å². The van der Waals surface area contributed by atoms with Gasteiger partial charge in [-0.15, -0.1) is 0 Å². The minimum absolute atomic E-state index is 0.00231. The lowest BCUT2D eigenvalue weighted by atomic mass is 10.0. The lowest BCUT2D eigenvalue weighted by Crippen LogP contribution is -2.61. The molecule has 0 saturated carbocycles. The number of aliphatic hydroxyl groups is 1. The van der Waals surface area contributed by atoms with Crippen molar-refractivity contribution in [2.45, 2.75) is 196 Å². The van der Waals surface area contributed by atoms with E-state index in [2.05, 4.69) is 62.5 Å². The number of aliphatic imine (C=N–C) groups is 2. The predicted molar refractivity (Wildman–Crippen MR) is 384 cm³/mol. The van der Waals surface area contributed by atoms with E-state index >= 15 is 0 Å². The maximum Gasteiger partial charge on any atom is 0.326 e. The van der Waals surface area contributed by atoms with Gasteiger partial charge in [0.2, 0.25) is 65.0 Å². The van der Waals surface area contributed by atoms with Gasteiger partial charge >= 0.3 is 5.97 Å². The van der Waals surface area contributed by atoms with E-state index in [0.29, 0.717) is 55.5 Å². The number of nitrogens with two attached hydrogens (primary N) is 6. The molecule has 24 N–H and O–H groups in total. The van der Waals surface area contributed by atoms with E-state index < -0.39 is 157 Å². The molecule has 104 heavy (non-hydrogen) atoms. The molecule has 11 unspecified atom stereocenters. The van der Waals surface area contributed by atoms with Crippen LogP contribution >= 0.6 is 11.8 Å². The number of aliphatic hydroxyl groups excluding tert-OH is 1. The number of thioether (sulfide) groups is 1. The van der Waals surface area contributed by atoms with Gasteiger partial charge in [-0.05, 0) is 126 Å². The number of unbranched alkanes of at least 4 members (excludes halogenated alkanes) is 1. The van der Waals surface area contributed by atoms with Crippen molar-refractivity contribution >= 4 is 101 Å². The van der Waals surface area contributed by atoms with Gasteiger partial charge in [-0.3, -0.25) is 67.5 Å². The van der Waals surface area contributed by atoms with Crippen LogP contribution in [-0.2, 0) is 75.2 Å². The second-order valence-corrected chi connectivity index (χ2v) is 27.0. The number of aliphatic carboxylic acids is 2. The van der Waals surface area contributed by atoms with E-state index in [9.17, 15) is 67.7 Å². The molecule has 2 aromatic rings. The van der Waals surface area contributed by atoms with Crippen molar-refractivity contribution in [2.24, 2.45) is 50.3 Å². The number of hydrogen-bond acceptors (Lipinski definition) is 20. The van der Waals surface area contributed by atoms with Gasteiger partial charge in [-0.25, -0.2) is 9.78 Å². The van der Waals surface area contributed by atoms with Gasteiger partial charge in [0.05, 0.1) is 25.5 Å². The number of likely N-dealkylation sites (tertiary alicyclic amines) is 3. The molecule has 0 aliphatic carbocycles. The highest BCUT2D eigenvalue weighted by Gasteiger charge is 2.43. The SMILES string of the molecule is CC(=O)O.CSCCC(NC(=O)C1CCCN1C(=O)CNC(=O)C(CCCCN)NC(=O)C(Cc1cnc[nH]1)NC(=O)C(CO)NC(=O)C(CC(C)C)NC(=O)C(CCCN=C(N)N)NC(=O)C1CCCN1C(=O)C(N)CCCN=C(N)N)C(=O)N1CCCC1C(=O)NC(Cc1ccccc1)C(=O)O. The molecule has 3 fully saturated rings. The number of H-pyrrole nitrogens is 1. The van der Waals surface area contributed by atoms with Gasteiger partial charge in [0.25, 0.3) is 5.97 Å². The Labute approximate surface area is 608 Å². The fourth-order valence-electron chi connectivity index (χ4n) is 12.1. The summed E-state index contributed by atoms with van der Waals surface area (Å²) in [6.45, 7) is 4.08. The highest BCUT2D eigenvalue weighted by molar-refractivity contribution is 7.98. The number of nitrogens with one attached hydrogen (secondary N) is 9. The monoisotopic (exact) mass is 1480 g/mol. The number of guanidine groups is 2. The zero-order valence-corrected chi connectivity index (χ0v) is 60.4. The van der Waals surface area contributed by atoms with Gasteiger partial charge in [-0.2, -0.15) is 11.8 Å². The average Bonchev–Trinajstić information content (AvgIpc) is 1.44. The summed E-state index contributed by atoms with van der Waals surface area (Å²) in [5.41, 5.74) is 35.0. The molecule has 0 bridgehead atoms. The topological polar surface area (TPSA) is 598 Å². The molecule has 1 aromatic carbocycles. The van der Waals surface area contributed by atoms with Gasteiger partial charge in [0, 0.05) is 64.4 Å². The van der Waals surface area contributed by atoms with Crippen LogP contribution in [0.2, 0.25) is 0 Å². The van der Waals surface area contributed by atoms with Crippen molar-refractivity contribution in [1.82, 2.24) is 67.2 Å². The van der Waals surface area contributed by atoms with E-state index in [1.165, 1.54) is 39.0 Å². The average molecular weight is 1480 g/mol. The summed E-state index contributed by atoms with van der Waals surface area (Å²) in [5, 5.41) is 49.2. The van der Waals surface area contributed by atoms with E-state index in [1.54, 1.807) is 44.2 Å². The molecule has 11 amide bonds. The summed E-state index contributed by atoms with van der Waals surface area (Å²) >= 11 is 1.43. The number of benzene rings is 1. The molecule has 3 saturated heterocycles. The molecule has 1 aromatic heterocycles. The highest BCUT2D eigenvalue weighted by atomic mass is 32.2. The number of aromatic amines is 1. The number of amides is 11. The molecule has 0 radical (unpaired) electrons. The molecule has 11 atom stereocenters. The summed E-state index contributed by atoms with van der Waals surface area (Å²) in [6, 6.07) is -4.81. The molecule has 4 heterocycles. The summed E-state index contributed by atoms with van der Waals surface area (Å²) < 4.78 is 0. The Bertz CT molecular complexity index is 3230. The molecule has 3 aliphatic heterocycles. The Morgan fingerprint density at radius 3 is 1.62 bits per heavy atom. The second kappa shape index (κ2) is 45.4. The van der Waals surface area contributed by atoms with Crippen LogP contribution in [0.15, 0.2) is 52.8 Å². The van der Waals surface area contributed by atoms with Crippen LogP contribution in [-0.4, -0.2) is 260 Å². The third-order valence-electron chi connectivity index (χ3n) is 17.3. The number of carboxylic acids is 2. The largest absolute Gasteiger partial charge is 0.481 e. The zero-order valence-electron chi connectivity index (χ0n) is 59.6. The first-order valence-electron chi connectivity index (χ1n) is 34.9. The van der Waals surface area contributed by atoms with Crippen LogP contribution < -0.4 is 76.9 Å². The number of imidazole rings is 1. The summed E-state index contributed by atoms with van der Waals surface area (Å²) in [4.78, 5) is 195. The Morgan fingerprint density at radius 2 is 1.08 bits per heavy atom. The molecular formula is C66H107N21O16S. The van der Waals surface area contributed by atoms with Gasteiger partial charge in [-0.1, -0.05) is 44.2 Å². The number of carbonyl (C=O) groups excluding carboxylic acids is 11. The molecule has 5 rings (SSSR count). The molecule has 578 valence electrons. The fraction of sp³-hybridized carbons (Fsp3) is 0.636. The smallest absolute Gasteiger partial charge is 0.326 e. The van der Waals surface area contributed by atoms with Crippen LogP contribution in [0, 0.1) is 5.92 Å². The van der Waals surface area contributed by atoms with E-state index in [0.717, 1.165) is 6.92 Å². The summed E-state index contributed by atoms with van der Waals surface area (Å²) in [5.74, 6) is -10.3. The third-order valence-corrected chi connectivity index (χ3v) is 17.9. The predicted octanol–water partition coefficient (Wildman–Crippen LogP) is -4.79. The van der Waals surface area contributed by atoms with E-state index in [1.807, 2.05) is 6.26 Å². The molecule has 38 heteroatoms. The lowest BCUT2D eigenvalue weighted by Gasteiger charge is -2.31. The standard InChI is InChI=1S/C64H103N21O14S.C2H4O2/c1-37(2)30-44(79-53(89)42(18-10-25-73-64(69)70)77-58(94)49-20-12-27-84(49)60(96)40(66)16-9-24-72-63(67)68)54(90)82-47(35-86)56(92)80-45(32-39-33-71-36-75-39)55(91)76-41(17-7-8-23-65)52(88)74-34-51(87)83-26-11-19-48(83)57(93)78-43(22-29-100-3)61(97)85-28-13-21-50(85)59(95)81-46(62(98)99)31-38-14-5-4-6-15-38;1-2(3)4/h4-6,14-15,33,36-37,40-50,86H,7-13,16-32,34-35,65-66H2,1-3H3,(H,71,75)(H,74,88)(H,76,91)(H,77,94)(H,78,93)(H,79,89)(H,80,92)(H,81,95)(H,82,90)(H,98,99)(H4,67,68,72)(H4,69,70,73);1H3,(H,3,4). The molecule has 0 spiro atoms. The van der Waals surface area contributed by atoms with Crippen LogP contribution in [0.5, 0.6) is 0 Å².